The van der Waals surface area contributed by atoms with Crippen LogP contribution in [-0.4, -0.2) is 24.9 Å². The number of halogens is 2. The van der Waals surface area contributed by atoms with Gasteiger partial charge in [0, 0.05) is 31.6 Å². The highest BCUT2D eigenvalue weighted by Gasteiger charge is 2.17. The highest BCUT2D eigenvalue weighted by atomic mass is 19.1. The molecule has 0 saturated carbocycles. The van der Waals surface area contributed by atoms with Crippen molar-refractivity contribution in [2.45, 2.75) is 33.1 Å². The first-order chi connectivity index (χ1) is 12.6. The molecule has 0 bridgehead atoms. The van der Waals surface area contributed by atoms with Gasteiger partial charge in [0.2, 0.25) is 5.91 Å². The third kappa shape index (κ3) is 5.36. The number of benzene rings is 2. The van der Waals surface area contributed by atoms with Gasteiger partial charge in [0.25, 0.3) is 5.91 Å². The minimum Gasteiger partial charge on any atom is -0.350 e. The predicted octanol–water partition coefficient (Wildman–Crippen LogP) is 4.05. The molecule has 0 spiro atoms. The summed E-state index contributed by atoms with van der Waals surface area (Å²) in [6.07, 6.45) is 0. The van der Waals surface area contributed by atoms with Gasteiger partial charge < -0.3 is 10.2 Å². The molecule has 0 fully saturated rings. The van der Waals surface area contributed by atoms with Crippen LogP contribution in [0.2, 0.25) is 0 Å². The maximum absolute atomic E-state index is 13.9. The monoisotopic (exact) mass is 374 g/mol. The van der Waals surface area contributed by atoms with E-state index in [-0.39, 0.29) is 30.1 Å². The zero-order chi connectivity index (χ0) is 20.2. The first kappa shape index (κ1) is 20.6. The first-order valence-electron chi connectivity index (χ1n) is 8.71. The topological polar surface area (TPSA) is 49.4 Å². The predicted molar refractivity (Wildman–Crippen MR) is 102 cm³/mol. The lowest BCUT2D eigenvalue weighted by Gasteiger charge is -2.22. The van der Waals surface area contributed by atoms with Gasteiger partial charge in [0.15, 0.2) is 0 Å². The van der Waals surface area contributed by atoms with Gasteiger partial charge in [-0.1, -0.05) is 32.9 Å². The molecule has 0 aliphatic heterocycles. The smallest absolute Gasteiger partial charge is 0.251 e. The Balaban J connectivity index is 2.00. The largest absolute Gasteiger partial charge is 0.350 e. The Bertz CT molecular complexity index is 827. The summed E-state index contributed by atoms with van der Waals surface area (Å²) >= 11 is 0. The molecule has 0 aliphatic rings. The Kier molecular flexibility index (Phi) is 6.31. The van der Waals surface area contributed by atoms with Crippen LogP contribution < -0.4 is 10.2 Å². The van der Waals surface area contributed by atoms with E-state index >= 15 is 0 Å². The number of rotatable bonds is 5. The lowest BCUT2D eigenvalue weighted by molar-refractivity contribution is -0.116. The molecule has 1 N–H and O–H groups in total. The van der Waals surface area contributed by atoms with Crippen molar-refractivity contribution >= 4 is 17.5 Å². The Morgan fingerprint density at radius 2 is 1.67 bits per heavy atom. The van der Waals surface area contributed by atoms with Crippen molar-refractivity contribution in [3.8, 4) is 0 Å². The highest BCUT2D eigenvalue weighted by molar-refractivity contribution is 5.94. The Hall–Kier alpha value is -2.76. The molecule has 0 atom stereocenters. The first-order valence-corrected chi connectivity index (χ1v) is 8.71. The van der Waals surface area contributed by atoms with Gasteiger partial charge in [-0.3, -0.25) is 9.59 Å². The van der Waals surface area contributed by atoms with E-state index in [1.165, 1.54) is 13.0 Å². The van der Waals surface area contributed by atoms with Gasteiger partial charge in [0.1, 0.15) is 11.6 Å². The molecule has 0 saturated heterocycles. The van der Waals surface area contributed by atoms with Crippen LogP contribution >= 0.6 is 0 Å². The zero-order valence-corrected chi connectivity index (χ0v) is 16.0. The van der Waals surface area contributed by atoms with Crippen molar-refractivity contribution in [3.63, 3.8) is 0 Å². The van der Waals surface area contributed by atoms with Crippen LogP contribution in [0.5, 0.6) is 0 Å². The van der Waals surface area contributed by atoms with Crippen molar-refractivity contribution in [1.29, 1.82) is 0 Å². The van der Waals surface area contributed by atoms with Crippen LogP contribution in [-0.2, 0) is 10.2 Å². The number of carbonyl (C=O) groups is 2. The average molecular weight is 374 g/mol. The van der Waals surface area contributed by atoms with E-state index in [0.717, 1.165) is 22.6 Å². The molecule has 0 heterocycles. The highest BCUT2D eigenvalue weighted by Crippen LogP contribution is 2.22. The Morgan fingerprint density at radius 1 is 1.04 bits per heavy atom. The minimum atomic E-state index is -0.825. The number of hydrogen-bond donors (Lipinski definition) is 1. The normalized spacial score (nSPS) is 11.2. The number of nitrogens with zero attached hydrogens (tertiary/aromatic N) is 1. The summed E-state index contributed by atoms with van der Waals surface area (Å²) < 4.78 is 27.0. The van der Waals surface area contributed by atoms with E-state index in [1.807, 2.05) is 12.1 Å². The van der Waals surface area contributed by atoms with Crippen molar-refractivity contribution in [2.24, 2.45) is 0 Å². The van der Waals surface area contributed by atoms with E-state index in [0.29, 0.717) is 5.56 Å². The molecule has 2 aromatic carbocycles. The summed E-state index contributed by atoms with van der Waals surface area (Å²) in [6.45, 7) is 7.77. The van der Waals surface area contributed by atoms with Gasteiger partial charge in [-0.05, 0) is 35.2 Å². The van der Waals surface area contributed by atoms with E-state index in [1.54, 1.807) is 12.1 Å². The van der Waals surface area contributed by atoms with Gasteiger partial charge in [-0.15, -0.1) is 0 Å². The van der Waals surface area contributed by atoms with Gasteiger partial charge in [0.05, 0.1) is 5.69 Å². The average Bonchev–Trinajstić information content (AvgIpc) is 2.58. The fraction of sp³-hybridized carbons (Fsp3) is 0.333. The SMILES string of the molecule is CC(=O)N(CCNC(=O)c1ccc(C(C)(C)C)cc1)c1ccc(F)cc1F. The molecule has 144 valence electrons. The fourth-order valence-corrected chi connectivity index (χ4v) is 2.65. The third-order valence-corrected chi connectivity index (χ3v) is 4.21. The van der Waals surface area contributed by atoms with E-state index in [4.69, 9.17) is 0 Å². The number of carbonyl (C=O) groups excluding carboxylic acids is 2. The quantitative estimate of drug-likeness (QED) is 0.859. The minimum absolute atomic E-state index is 0.00374. The number of hydrogen-bond acceptors (Lipinski definition) is 2. The standard InChI is InChI=1S/C21H24F2N2O2/c1-14(26)25(19-10-9-17(22)13-18(19)23)12-11-24-20(27)15-5-7-16(8-6-15)21(2,3)4/h5-10,13H,11-12H2,1-4H3,(H,24,27). The molecule has 0 aromatic heterocycles. The number of amides is 2. The Morgan fingerprint density at radius 3 is 2.19 bits per heavy atom. The molecule has 6 heteroatoms. The molecular formula is C21H24F2N2O2. The summed E-state index contributed by atoms with van der Waals surface area (Å²) in [4.78, 5) is 25.2. The molecule has 4 nitrogen and oxygen atoms in total. The molecule has 27 heavy (non-hydrogen) atoms. The number of nitrogens with one attached hydrogen (secondary N) is 1. The van der Waals surface area contributed by atoms with E-state index in [2.05, 4.69) is 26.1 Å². The zero-order valence-electron chi connectivity index (χ0n) is 16.0. The van der Waals surface area contributed by atoms with Gasteiger partial charge in [-0.2, -0.15) is 0 Å². The van der Waals surface area contributed by atoms with Crippen LogP contribution in [0.3, 0.4) is 0 Å². The Labute approximate surface area is 158 Å². The molecule has 0 radical (unpaired) electrons. The fourth-order valence-electron chi connectivity index (χ4n) is 2.65. The van der Waals surface area contributed by atoms with Crippen molar-refractivity contribution in [3.05, 3.63) is 65.2 Å². The molecule has 2 rings (SSSR count). The lowest BCUT2D eigenvalue weighted by Crippen LogP contribution is -2.38. The lowest BCUT2D eigenvalue weighted by atomic mass is 9.87. The molecular weight excluding hydrogens is 350 g/mol. The van der Waals surface area contributed by atoms with Crippen LogP contribution in [0, 0.1) is 11.6 Å². The van der Waals surface area contributed by atoms with Crippen LogP contribution in [0.15, 0.2) is 42.5 Å². The third-order valence-electron chi connectivity index (χ3n) is 4.21. The maximum atomic E-state index is 13.9. The van der Waals surface area contributed by atoms with Crippen LogP contribution in [0.25, 0.3) is 0 Å². The second kappa shape index (κ2) is 8.29. The summed E-state index contributed by atoms with van der Waals surface area (Å²) in [5.74, 6) is -2.22. The van der Waals surface area contributed by atoms with Crippen molar-refractivity contribution in [2.75, 3.05) is 18.0 Å². The molecule has 0 unspecified atom stereocenters. The summed E-state index contributed by atoms with van der Waals surface area (Å²) in [7, 11) is 0. The molecule has 2 aromatic rings. The second-order valence-corrected chi connectivity index (χ2v) is 7.35. The summed E-state index contributed by atoms with van der Waals surface area (Å²) in [5.41, 5.74) is 1.60. The van der Waals surface area contributed by atoms with Crippen molar-refractivity contribution in [1.82, 2.24) is 5.32 Å². The molecule has 0 aliphatic carbocycles. The maximum Gasteiger partial charge on any atom is 0.251 e. The van der Waals surface area contributed by atoms with Crippen molar-refractivity contribution < 1.29 is 18.4 Å². The van der Waals surface area contributed by atoms with Gasteiger partial charge >= 0.3 is 0 Å². The van der Waals surface area contributed by atoms with E-state index < -0.39 is 17.5 Å². The summed E-state index contributed by atoms with van der Waals surface area (Å²) in [5, 5.41) is 2.71. The van der Waals surface area contributed by atoms with Crippen LogP contribution in [0.4, 0.5) is 14.5 Å². The van der Waals surface area contributed by atoms with Gasteiger partial charge in [-0.25, -0.2) is 8.78 Å². The number of anilines is 1. The second-order valence-electron chi connectivity index (χ2n) is 7.35. The van der Waals surface area contributed by atoms with Crippen LogP contribution in [0.1, 0.15) is 43.6 Å². The molecule has 2 amide bonds. The van der Waals surface area contributed by atoms with E-state index in [9.17, 15) is 18.4 Å². The summed E-state index contributed by atoms with van der Waals surface area (Å²) in [6, 6.07) is 10.3.